The van der Waals surface area contributed by atoms with Crippen LogP contribution in [0.15, 0.2) is 30.3 Å². The molecule has 0 unspecified atom stereocenters. The molecule has 0 radical (unpaired) electrons. The van der Waals surface area contributed by atoms with Crippen molar-refractivity contribution in [3.63, 3.8) is 0 Å². The average Bonchev–Trinajstić information content (AvgIpc) is 2.45. The summed E-state index contributed by atoms with van der Waals surface area (Å²) in [4.78, 5) is 16.9. The Bertz CT molecular complexity index is 650. The second-order valence-corrected chi connectivity index (χ2v) is 5.91. The van der Waals surface area contributed by atoms with Gasteiger partial charge in [0.2, 0.25) is 0 Å². The van der Waals surface area contributed by atoms with Gasteiger partial charge >= 0.3 is 0 Å². The van der Waals surface area contributed by atoms with Crippen molar-refractivity contribution in [2.24, 2.45) is 0 Å². The fraction of sp³-hybridized carbons (Fsp3) is 0.412. The Morgan fingerprint density at radius 3 is 2.67 bits per heavy atom. The van der Waals surface area contributed by atoms with Crippen molar-refractivity contribution in [3.05, 3.63) is 36.0 Å². The molecule has 1 heterocycles. The van der Waals surface area contributed by atoms with Gasteiger partial charge in [0.05, 0.1) is 5.52 Å². The van der Waals surface area contributed by atoms with E-state index in [9.17, 15) is 4.79 Å². The molecule has 0 atom stereocenters. The molecule has 1 aromatic heterocycles. The highest BCUT2D eigenvalue weighted by Crippen LogP contribution is 2.23. The number of hydrogen-bond acceptors (Lipinski definition) is 3. The van der Waals surface area contributed by atoms with E-state index in [0.717, 1.165) is 29.4 Å². The molecule has 1 amide bonds. The third-order valence-electron chi connectivity index (χ3n) is 3.55. The number of aromatic nitrogens is 1. The van der Waals surface area contributed by atoms with Crippen molar-refractivity contribution in [1.82, 2.24) is 10.3 Å². The summed E-state index contributed by atoms with van der Waals surface area (Å²) in [5.41, 5.74) is 1.96. The molecule has 4 heteroatoms. The fourth-order valence-corrected chi connectivity index (χ4v) is 2.56. The summed E-state index contributed by atoms with van der Waals surface area (Å²) in [5, 5.41) is 7.21. The molecule has 0 aliphatic heterocycles. The Kier molecular flexibility index (Phi) is 4.46. The van der Waals surface area contributed by atoms with Gasteiger partial charge in [0.1, 0.15) is 5.69 Å². The Morgan fingerprint density at radius 1 is 1.29 bits per heavy atom. The average molecular weight is 285 g/mol. The molecule has 2 rings (SSSR count). The van der Waals surface area contributed by atoms with Gasteiger partial charge in [-0.2, -0.15) is 0 Å². The first-order valence-electron chi connectivity index (χ1n) is 7.37. The molecule has 1 aromatic carbocycles. The molecule has 4 nitrogen and oxygen atoms in total. The van der Waals surface area contributed by atoms with E-state index in [1.165, 1.54) is 0 Å². The van der Waals surface area contributed by atoms with Gasteiger partial charge in [0.15, 0.2) is 0 Å². The van der Waals surface area contributed by atoms with Crippen molar-refractivity contribution in [2.45, 2.75) is 39.2 Å². The van der Waals surface area contributed by atoms with Crippen LogP contribution in [-0.2, 0) is 0 Å². The molecular weight excluding hydrogens is 262 g/mol. The van der Waals surface area contributed by atoms with Crippen molar-refractivity contribution in [2.75, 3.05) is 12.4 Å². The number of carbonyl (C=O) groups is 1. The molecule has 0 saturated carbocycles. The van der Waals surface area contributed by atoms with E-state index >= 15 is 0 Å². The lowest BCUT2D eigenvalue weighted by Crippen LogP contribution is -2.43. The Balaban J connectivity index is 2.36. The number of amides is 1. The summed E-state index contributed by atoms with van der Waals surface area (Å²) in [6.45, 7) is 6.18. The quantitative estimate of drug-likeness (QED) is 0.882. The molecule has 0 bridgehead atoms. The van der Waals surface area contributed by atoms with E-state index in [2.05, 4.69) is 22.5 Å². The van der Waals surface area contributed by atoms with Crippen LogP contribution in [0.25, 0.3) is 10.9 Å². The molecule has 21 heavy (non-hydrogen) atoms. The zero-order chi connectivity index (χ0) is 15.5. The summed E-state index contributed by atoms with van der Waals surface area (Å²) < 4.78 is 0. The predicted octanol–water partition coefficient (Wildman–Crippen LogP) is 3.59. The maximum Gasteiger partial charge on any atom is 0.270 e. The Labute approximate surface area is 126 Å². The number of hydrogen-bond donors (Lipinski definition) is 2. The van der Waals surface area contributed by atoms with Crippen molar-refractivity contribution < 1.29 is 4.79 Å². The monoisotopic (exact) mass is 285 g/mol. The number of rotatable bonds is 5. The number of pyridine rings is 1. The molecule has 2 aromatic rings. The lowest BCUT2D eigenvalue weighted by molar-refractivity contribution is 0.0904. The number of fused-ring (bicyclic) bond motifs is 1. The lowest BCUT2D eigenvalue weighted by Gasteiger charge is -2.25. The maximum atomic E-state index is 12.4. The van der Waals surface area contributed by atoms with Gasteiger partial charge < -0.3 is 10.6 Å². The van der Waals surface area contributed by atoms with Crippen LogP contribution < -0.4 is 10.6 Å². The van der Waals surface area contributed by atoms with Crippen molar-refractivity contribution >= 4 is 22.5 Å². The first-order valence-corrected chi connectivity index (χ1v) is 7.37. The van der Waals surface area contributed by atoms with E-state index < -0.39 is 0 Å². The third-order valence-corrected chi connectivity index (χ3v) is 3.55. The zero-order valence-corrected chi connectivity index (χ0v) is 13.2. The molecule has 0 saturated heterocycles. The van der Waals surface area contributed by atoms with Gasteiger partial charge in [0, 0.05) is 23.7 Å². The first kappa shape index (κ1) is 15.3. The number of benzene rings is 1. The third kappa shape index (κ3) is 3.51. The van der Waals surface area contributed by atoms with Crippen LogP contribution >= 0.6 is 0 Å². The van der Waals surface area contributed by atoms with Gasteiger partial charge in [-0.1, -0.05) is 31.5 Å². The minimum atomic E-state index is -0.223. The highest BCUT2D eigenvalue weighted by molar-refractivity contribution is 5.99. The van der Waals surface area contributed by atoms with E-state index in [-0.39, 0.29) is 11.4 Å². The van der Waals surface area contributed by atoms with Gasteiger partial charge in [-0.15, -0.1) is 0 Å². The summed E-state index contributed by atoms with van der Waals surface area (Å²) in [6, 6.07) is 9.62. The minimum Gasteiger partial charge on any atom is -0.388 e. The van der Waals surface area contributed by atoms with E-state index in [0.29, 0.717) is 5.69 Å². The highest BCUT2D eigenvalue weighted by atomic mass is 16.2. The van der Waals surface area contributed by atoms with E-state index in [1.807, 2.05) is 45.2 Å². The molecule has 0 fully saturated rings. The summed E-state index contributed by atoms with van der Waals surface area (Å²) in [7, 11) is 1.85. The normalized spacial score (nSPS) is 11.4. The molecular formula is C17H23N3O. The first-order chi connectivity index (χ1) is 9.96. The smallest absolute Gasteiger partial charge is 0.270 e. The SMILES string of the molecule is CCCC(C)(C)NC(=O)c1cc(NC)c2ccccc2n1. The molecule has 0 aliphatic carbocycles. The fourth-order valence-electron chi connectivity index (χ4n) is 2.56. The van der Waals surface area contributed by atoms with Crippen LogP contribution in [0.1, 0.15) is 44.1 Å². The minimum absolute atomic E-state index is 0.129. The lowest BCUT2D eigenvalue weighted by atomic mass is 9.98. The van der Waals surface area contributed by atoms with Crippen LogP contribution in [0.2, 0.25) is 0 Å². The van der Waals surface area contributed by atoms with E-state index in [4.69, 9.17) is 0 Å². The van der Waals surface area contributed by atoms with Crippen LogP contribution in [-0.4, -0.2) is 23.5 Å². The van der Waals surface area contributed by atoms with E-state index in [1.54, 1.807) is 6.07 Å². The van der Waals surface area contributed by atoms with Crippen LogP contribution in [0.3, 0.4) is 0 Å². The maximum absolute atomic E-state index is 12.4. The van der Waals surface area contributed by atoms with Gasteiger partial charge in [-0.3, -0.25) is 4.79 Å². The number of anilines is 1. The second kappa shape index (κ2) is 6.12. The number of nitrogens with one attached hydrogen (secondary N) is 2. The number of para-hydroxylation sites is 1. The summed E-state index contributed by atoms with van der Waals surface area (Å²) >= 11 is 0. The zero-order valence-electron chi connectivity index (χ0n) is 13.2. The van der Waals surface area contributed by atoms with Gasteiger partial charge in [-0.25, -0.2) is 4.98 Å². The standard InChI is InChI=1S/C17H23N3O/c1-5-10-17(2,3)20-16(21)15-11-14(18-4)12-8-6-7-9-13(12)19-15/h6-9,11H,5,10H2,1-4H3,(H,18,19)(H,20,21). The topological polar surface area (TPSA) is 54.0 Å². The number of carbonyl (C=O) groups excluding carboxylic acids is 1. The molecule has 2 N–H and O–H groups in total. The summed E-state index contributed by atoms with van der Waals surface area (Å²) in [5.74, 6) is -0.129. The Morgan fingerprint density at radius 2 is 2.00 bits per heavy atom. The van der Waals surface area contributed by atoms with Crippen LogP contribution in [0, 0.1) is 0 Å². The Hall–Kier alpha value is -2.10. The molecule has 112 valence electrons. The highest BCUT2D eigenvalue weighted by Gasteiger charge is 2.21. The largest absolute Gasteiger partial charge is 0.388 e. The van der Waals surface area contributed by atoms with Crippen molar-refractivity contribution in [1.29, 1.82) is 0 Å². The molecule has 0 spiro atoms. The van der Waals surface area contributed by atoms with Gasteiger partial charge in [-0.05, 0) is 32.4 Å². The van der Waals surface area contributed by atoms with Gasteiger partial charge in [0.25, 0.3) is 5.91 Å². The molecule has 0 aliphatic rings. The summed E-state index contributed by atoms with van der Waals surface area (Å²) in [6.07, 6.45) is 1.96. The van der Waals surface area contributed by atoms with Crippen molar-refractivity contribution in [3.8, 4) is 0 Å². The predicted molar refractivity (Wildman–Crippen MR) is 87.7 cm³/mol. The number of nitrogens with zero attached hydrogens (tertiary/aromatic N) is 1. The van der Waals surface area contributed by atoms with Crippen LogP contribution in [0.5, 0.6) is 0 Å². The second-order valence-electron chi connectivity index (χ2n) is 5.91. The van der Waals surface area contributed by atoms with Crippen LogP contribution in [0.4, 0.5) is 5.69 Å².